The molecular formula is C16H23FN2O4. The van der Waals surface area contributed by atoms with Gasteiger partial charge in [0.2, 0.25) is 0 Å². The zero-order valence-corrected chi connectivity index (χ0v) is 13.3. The number of amides is 1. The Morgan fingerprint density at radius 2 is 2.00 bits per heavy atom. The van der Waals surface area contributed by atoms with Gasteiger partial charge in [-0.25, -0.2) is 9.18 Å². The fraction of sp³-hybridized carbons (Fsp3) is 0.562. The molecule has 128 valence electrons. The van der Waals surface area contributed by atoms with E-state index in [0.717, 1.165) is 0 Å². The summed E-state index contributed by atoms with van der Waals surface area (Å²) in [7, 11) is 0. The Labute approximate surface area is 135 Å². The third-order valence-corrected chi connectivity index (χ3v) is 3.64. The number of hydrogen-bond acceptors (Lipinski definition) is 5. The van der Waals surface area contributed by atoms with Gasteiger partial charge in [0.05, 0.1) is 6.61 Å². The highest BCUT2D eigenvalue weighted by molar-refractivity contribution is 5.67. The molecule has 2 rings (SSSR count). The van der Waals surface area contributed by atoms with Crippen LogP contribution in [0.2, 0.25) is 0 Å². The number of rotatable bonds is 6. The summed E-state index contributed by atoms with van der Waals surface area (Å²) < 4.78 is 23.7. The number of hydrogen-bond donors (Lipinski definition) is 1. The molecule has 1 N–H and O–H groups in total. The molecule has 6 nitrogen and oxygen atoms in total. The van der Waals surface area contributed by atoms with E-state index in [0.29, 0.717) is 39.3 Å². The second-order valence-corrected chi connectivity index (χ2v) is 5.38. The van der Waals surface area contributed by atoms with E-state index in [1.54, 1.807) is 24.0 Å². The van der Waals surface area contributed by atoms with Gasteiger partial charge >= 0.3 is 6.09 Å². The maximum Gasteiger partial charge on any atom is 0.409 e. The monoisotopic (exact) mass is 326 g/mol. The van der Waals surface area contributed by atoms with Gasteiger partial charge in [-0.15, -0.1) is 0 Å². The first-order valence-corrected chi connectivity index (χ1v) is 7.79. The van der Waals surface area contributed by atoms with E-state index in [4.69, 9.17) is 9.47 Å². The number of aliphatic hydroxyl groups is 1. The van der Waals surface area contributed by atoms with Crippen LogP contribution >= 0.6 is 0 Å². The van der Waals surface area contributed by atoms with Gasteiger partial charge in [-0.3, -0.25) is 4.90 Å². The van der Waals surface area contributed by atoms with E-state index < -0.39 is 11.9 Å². The van der Waals surface area contributed by atoms with Crippen LogP contribution in [0, 0.1) is 5.82 Å². The predicted molar refractivity (Wildman–Crippen MR) is 82.9 cm³/mol. The van der Waals surface area contributed by atoms with Gasteiger partial charge in [0.15, 0.2) is 11.6 Å². The predicted octanol–water partition coefficient (Wildman–Crippen LogP) is 1.34. The molecule has 1 aliphatic rings. The Hall–Kier alpha value is -1.86. The molecule has 1 saturated heterocycles. The zero-order valence-electron chi connectivity index (χ0n) is 13.3. The summed E-state index contributed by atoms with van der Waals surface area (Å²) in [6.45, 7) is 5.06. The lowest BCUT2D eigenvalue weighted by molar-refractivity contribution is 0.0401. The Morgan fingerprint density at radius 1 is 1.30 bits per heavy atom. The first kappa shape index (κ1) is 17.5. The lowest BCUT2D eigenvalue weighted by atomic mass is 10.2. The van der Waals surface area contributed by atoms with Crippen molar-refractivity contribution in [2.45, 2.75) is 13.0 Å². The molecule has 1 amide bonds. The van der Waals surface area contributed by atoms with Crippen LogP contribution in [0.3, 0.4) is 0 Å². The first-order valence-electron chi connectivity index (χ1n) is 7.79. The highest BCUT2D eigenvalue weighted by Gasteiger charge is 2.23. The summed E-state index contributed by atoms with van der Waals surface area (Å²) in [5.41, 5.74) is 0. The number of ether oxygens (including phenoxy) is 2. The van der Waals surface area contributed by atoms with Crippen molar-refractivity contribution >= 4 is 6.09 Å². The molecule has 1 heterocycles. The zero-order chi connectivity index (χ0) is 16.7. The minimum absolute atomic E-state index is 0.0268. The van der Waals surface area contributed by atoms with Crippen LogP contribution in [-0.4, -0.2) is 73.0 Å². The fourth-order valence-electron chi connectivity index (χ4n) is 2.43. The number of piperazine rings is 1. The van der Waals surface area contributed by atoms with Crippen molar-refractivity contribution in [3.8, 4) is 5.75 Å². The quantitative estimate of drug-likeness (QED) is 0.855. The summed E-state index contributed by atoms with van der Waals surface area (Å²) in [5, 5.41) is 10.0. The number of para-hydroxylation sites is 1. The first-order chi connectivity index (χ1) is 11.1. The van der Waals surface area contributed by atoms with E-state index in [2.05, 4.69) is 0 Å². The Kier molecular flexibility index (Phi) is 6.61. The van der Waals surface area contributed by atoms with Crippen molar-refractivity contribution in [3.05, 3.63) is 30.1 Å². The van der Waals surface area contributed by atoms with Crippen LogP contribution in [-0.2, 0) is 4.74 Å². The standard InChI is InChI=1S/C16H23FN2O4/c1-2-22-16(21)19-9-7-18(8-10-19)11-13(20)12-23-15-6-4-3-5-14(15)17/h3-6,13,20H,2,7-12H2,1H3/t13-/m1/s1. The number of carbonyl (C=O) groups is 1. The normalized spacial score (nSPS) is 16.9. The molecule has 1 aromatic rings. The second-order valence-electron chi connectivity index (χ2n) is 5.38. The van der Waals surface area contributed by atoms with Crippen molar-refractivity contribution < 1.29 is 23.8 Å². The minimum Gasteiger partial charge on any atom is -0.488 e. The molecule has 0 unspecified atom stereocenters. The minimum atomic E-state index is -0.719. The second kappa shape index (κ2) is 8.69. The van der Waals surface area contributed by atoms with Crippen LogP contribution in [0.5, 0.6) is 5.75 Å². The van der Waals surface area contributed by atoms with Gasteiger partial charge in [-0.05, 0) is 19.1 Å². The largest absolute Gasteiger partial charge is 0.488 e. The lowest BCUT2D eigenvalue weighted by Crippen LogP contribution is -2.51. The average Bonchev–Trinajstić information content (AvgIpc) is 2.55. The van der Waals surface area contributed by atoms with Gasteiger partial charge in [0.1, 0.15) is 12.7 Å². The average molecular weight is 326 g/mol. The van der Waals surface area contributed by atoms with E-state index in [9.17, 15) is 14.3 Å². The molecule has 0 saturated carbocycles. The van der Waals surface area contributed by atoms with Crippen LogP contribution in [0.15, 0.2) is 24.3 Å². The molecule has 7 heteroatoms. The van der Waals surface area contributed by atoms with E-state index in [1.807, 2.05) is 4.90 Å². The van der Waals surface area contributed by atoms with E-state index in [-0.39, 0.29) is 18.4 Å². The van der Waals surface area contributed by atoms with Crippen molar-refractivity contribution in [2.75, 3.05) is 45.9 Å². The molecule has 0 radical (unpaired) electrons. The van der Waals surface area contributed by atoms with Gasteiger partial charge in [-0.2, -0.15) is 0 Å². The number of halogens is 1. The lowest BCUT2D eigenvalue weighted by Gasteiger charge is -2.34. The summed E-state index contributed by atoms with van der Waals surface area (Å²) in [4.78, 5) is 15.3. The van der Waals surface area contributed by atoms with Crippen LogP contribution in [0.25, 0.3) is 0 Å². The smallest absolute Gasteiger partial charge is 0.409 e. The van der Waals surface area contributed by atoms with Crippen molar-refractivity contribution in [3.63, 3.8) is 0 Å². The van der Waals surface area contributed by atoms with E-state index >= 15 is 0 Å². The maximum atomic E-state index is 13.4. The van der Waals surface area contributed by atoms with Crippen molar-refractivity contribution in [2.24, 2.45) is 0 Å². The number of benzene rings is 1. The molecule has 1 fully saturated rings. The fourth-order valence-corrected chi connectivity index (χ4v) is 2.43. The highest BCUT2D eigenvalue weighted by atomic mass is 19.1. The Bertz CT molecular complexity index is 507. The third-order valence-electron chi connectivity index (χ3n) is 3.64. The molecule has 1 atom stereocenters. The molecule has 23 heavy (non-hydrogen) atoms. The summed E-state index contributed by atoms with van der Waals surface area (Å²) in [5.74, 6) is -0.304. The number of nitrogens with zero attached hydrogens (tertiary/aromatic N) is 2. The van der Waals surface area contributed by atoms with Crippen molar-refractivity contribution in [1.29, 1.82) is 0 Å². The molecule has 0 aliphatic carbocycles. The number of carbonyl (C=O) groups excluding carboxylic acids is 1. The molecule has 1 aliphatic heterocycles. The summed E-state index contributed by atoms with van der Waals surface area (Å²) in [6, 6.07) is 6.11. The van der Waals surface area contributed by atoms with Gasteiger partial charge in [0, 0.05) is 32.7 Å². The summed E-state index contributed by atoms with van der Waals surface area (Å²) in [6.07, 6.45) is -1.01. The summed E-state index contributed by atoms with van der Waals surface area (Å²) >= 11 is 0. The SMILES string of the molecule is CCOC(=O)N1CCN(C[C@@H](O)COc2ccccc2F)CC1. The van der Waals surface area contributed by atoms with Crippen LogP contribution in [0.4, 0.5) is 9.18 Å². The number of aliphatic hydroxyl groups excluding tert-OH is 1. The molecule has 0 spiro atoms. The Balaban J connectivity index is 1.69. The molecule has 0 aromatic heterocycles. The third kappa shape index (κ3) is 5.37. The topological polar surface area (TPSA) is 62.2 Å². The molecule has 0 bridgehead atoms. The van der Waals surface area contributed by atoms with Gasteiger partial charge in [0.25, 0.3) is 0 Å². The molecule has 1 aromatic carbocycles. The van der Waals surface area contributed by atoms with Crippen molar-refractivity contribution in [1.82, 2.24) is 9.80 Å². The van der Waals surface area contributed by atoms with Gasteiger partial charge in [-0.1, -0.05) is 12.1 Å². The highest BCUT2D eigenvalue weighted by Crippen LogP contribution is 2.15. The molecular weight excluding hydrogens is 303 g/mol. The number of β-amino-alcohol motifs (C(OH)–C–C–N with tert-alkyl or cyclic N) is 1. The van der Waals surface area contributed by atoms with E-state index in [1.165, 1.54) is 12.1 Å². The van der Waals surface area contributed by atoms with Gasteiger partial charge < -0.3 is 19.5 Å². The Morgan fingerprint density at radius 3 is 2.65 bits per heavy atom. The van der Waals surface area contributed by atoms with Crippen LogP contribution in [0.1, 0.15) is 6.92 Å². The maximum absolute atomic E-state index is 13.4. The van der Waals surface area contributed by atoms with Crippen LogP contribution < -0.4 is 4.74 Å².